The van der Waals surface area contributed by atoms with Crippen LogP contribution in [0, 0.1) is 0 Å². The SMILES string of the molecule is C=CC1=NC2CC(=C)N=C(C=C)c3c(ccc4c3oc3ncccc34)CCC2c2ccccc21. The van der Waals surface area contributed by atoms with Gasteiger partial charge in [-0.25, -0.2) is 4.98 Å². The van der Waals surface area contributed by atoms with Crippen LogP contribution in [0.2, 0.25) is 0 Å². The van der Waals surface area contributed by atoms with E-state index in [9.17, 15) is 0 Å². The zero-order valence-corrected chi connectivity index (χ0v) is 19.0. The number of aliphatic imine (C=N–C) groups is 2. The predicted molar refractivity (Wildman–Crippen MR) is 140 cm³/mol. The molecule has 166 valence electrons. The van der Waals surface area contributed by atoms with Gasteiger partial charge in [0.15, 0.2) is 0 Å². The molecule has 0 saturated heterocycles. The summed E-state index contributed by atoms with van der Waals surface area (Å²) in [5, 5.41) is 2.05. The average Bonchev–Trinajstić information content (AvgIpc) is 3.24. The molecule has 2 aromatic carbocycles. The first-order valence-electron chi connectivity index (χ1n) is 11.7. The fraction of sp³-hybridized carbons (Fsp3) is 0.167. The second kappa shape index (κ2) is 8.07. The summed E-state index contributed by atoms with van der Waals surface area (Å²) in [4.78, 5) is 14.5. The first-order chi connectivity index (χ1) is 16.7. The molecule has 4 heterocycles. The Labute approximate surface area is 198 Å². The molecule has 0 fully saturated rings. The number of benzene rings is 2. The van der Waals surface area contributed by atoms with Gasteiger partial charge in [-0.3, -0.25) is 9.98 Å². The number of furan rings is 1. The van der Waals surface area contributed by atoms with Gasteiger partial charge in [0, 0.05) is 46.1 Å². The minimum Gasteiger partial charge on any atom is -0.437 e. The van der Waals surface area contributed by atoms with Crippen LogP contribution in [0.1, 0.15) is 41.0 Å². The predicted octanol–water partition coefficient (Wildman–Crippen LogP) is 6.95. The van der Waals surface area contributed by atoms with Gasteiger partial charge in [0.25, 0.3) is 0 Å². The van der Waals surface area contributed by atoms with Gasteiger partial charge in [0.1, 0.15) is 5.58 Å². The minimum atomic E-state index is 0.0749. The highest BCUT2D eigenvalue weighted by Crippen LogP contribution is 2.40. The van der Waals surface area contributed by atoms with Crippen LogP contribution >= 0.6 is 0 Å². The number of fused-ring (bicyclic) bond motifs is 8. The van der Waals surface area contributed by atoms with Crippen molar-refractivity contribution in [3.05, 3.63) is 115 Å². The highest BCUT2D eigenvalue weighted by atomic mass is 16.3. The van der Waals surface area contributed by atoms with Crippen molar-refractivity contribution in [2.45, 2.75) is 31.2 Å². The molecule has 2 aromatic heterocycles. The summed E-state index contributed by atoms with van der Waals surface area (Å²) < 4.78 is 6.28. The van der Waals surface area contributed by atoms with Crippen LogP contribution in [-0.2, 0) is 6.42 Å². The van der Waals surface area contributed by atoms with E-state index < -0.39 is 0 Å². The van der Waals surface area contributed by atoms with Gasteiger partial charge in [-0.2, -0.15) is 0 Å². The molecule has 4 heteroatoms. The zero-order valence-electron chi connectivity index (χ0n) is 19.0. The van der Waals surface area contributed by atoms with Crippen LogP contribution in [0.25, 0.3) is 22.1 Å². The Hall–Kier alpha value is -4.05. The van der Waals surface area contributed by atoms with Crippen molar-refractivity contribution < 1.29 is 4.42 Å². The van der Waals surface area contributed by atoms with Crippen molar-refractivity contribution in [3.63, 3.8) is 0 Å². The van der Waals surface area contributed by atoms with Crippen LogP contribution < -0.4 is 0 Å². The molecule has 2 aliphatic rings. The number of pyridine rings is 1. The smallest absolute Gasteiger partial charge is 0.227 e. The lowest BCUT2D eigenvalue weighted by molar-refractivity contribution is 0.490. The normalized spacial score (nSPS) is 20.1. The topological polar surface area (TPSA) is 50.8 Å². The fourth-order valence-corrected chi connectivity index (χ4v) is 5.47. The molecule has 0 bridgehead atoms. The molecule has 6 rings (SSSR count). The third kappa shape index (κ3) is 3.18. The lowest BCUT2D eigenvalue weighted by Crippen LogP contribution is -2.27. The first-order valence-corrected chi connectivity index (χ1v) is 11.7. The largest absolute Gasteiger partial charge is 0.437 e. The molecule has 2 atom stereocenters. The minimum absolute atomic E-state index is 0.0749. The van der Waals surface area contributed by atoms with E-state index in [4.69, 9.17) is 14.4 Å². The van der Waals surface area contributed by atoms with E-state index in [-0.39, 0.29) is 12.0 Å². The Morgan fingerprint density at radius 2 is 1.79 bits per heavy atom. The van der Waals surface area contributed by atoms with Crippen LogP contribution in [0.3, 0.4) is 0 Å². The number of rotatable bonds is 2. The Morgan fingerprint density at radius 3 is 2.65 bits per heavy atom. The molecule has 4 aromatic rings. The van der Waals surface area contributed by atoms with Gasteiger partial charge in [-0.15, -0.1) is 0 Å². The summed E-state index contributed by atoms with van der Waals surface area (Å²) in [7, 11) is 0. The van der Waals surface area contributed by atoms with E-state index in [1.807, 2.05) is 18.2 Å². The quantitative estimate of drug-likeness (QED) is 0.337. The molecule has 34 heavy (non-hydrogen) atoms. The number of hydrogen-bond donors (Lipinski definition) is 0. The van der Waals surface area contributed by atoms with E-state index in [0.717, 1.165) is 51.9 Å². The van der Waals surface area contributed by atoms with Crippen LogP contribution in [0.5, 0.6) is 0 Å². The standard InChI is InChI=1S/C30H25N3O/c1-4-25-21-10-7-6-9-20(21)22-14-12-19-13-15-23-24-11-8-16-31-30(24)34-29(23)28(19)26(5-2)32-18(3)17-27(22)33-25/h4-11,13,15-16,22,27H,1-3,12,14,17H2. The van der Waals surface area contributed by atoms with Gasteiger partial charge >= 0.3 is 0 Å². The molecule has 0 amide bonds. The molecule has 2 aliphatic heterocycles. The molecule has 2 unspecified atom stereocenters. The van der Waals surface area contributed by atoms with Crippen LogP contribution in [-0.4, -0.2) is 22.4 Å². The number of aromatic nitrogens is 1. The van der Waals surface area contributed by atoms with Gasteiger partial charge in [-0.1, -0.05) is 56.1 Å². The summed E-state index contributed by atoms with van der Waals surface area (Å²) in [6, 6.07) is 17.0. The molecule has 4 nitrogen and oxygen atoms in total. The highest BCUT2D eigenvalue weighted by molar-refractivity contribution is 6.19. The molecular formula is C30H25N3O. The first kappa shape index (κ1) is 20.5. The Kier molecular flexibility index (Phi) is 4.88. The molecular weight excluding hydrogens is 418 g/mol. The number of allylic oxidation sites excluding steroid dienone is 2. The number of hydrogen-bond acceptors (Lipinski definition) is 4. The Morgan fingerprint density at radius 1 is 0.941 bits per heavy atom. The maximum Gasteiger partial charge on any atom is 0.227 e. The fourth-order valence-electron chi connectivity index (χ4n) is 5.47. The van der Waals surface area contributed by atoms with Gasteiger partial charge in [-0.05, 0) is 48.3 Å². The monoisotopic (exact) mass is 443 g/mol. The lowest BCUT2D eigenvalue weighted by Gasteiger charge is -2.32. The van der Waals surface area contributed by atoms with Crippen molar-refractivity contribution in [1.82, 2.24) is 4.98 Å². The molecule has 0 saturated carbocycles. The van der Waals surface area contributed by atoms with Crippen molar-refractivity contribution in [3.8, 4) is 0 Å². The van der Waals surface area contributed by atoms with E-state index in [2.05, 4.69) is 61.1 Å². The highest BCUT2D eigenvalue weighted by Gasteiger charge is 2.31. The van der Waals surface area contributed by atoms with Gasteiger partial charge in [0.2, 0.25) is 5.71 Å². The van der Waals surface area contributed by atoms with Crippen molar-refractivity contribution in [2.75, 3.05) is 0 Å². The van der Waals surface area contributed by atoms with Gasteiger partial charge in [0.05, 0.1) is 17.5 Å². The van der Waals surface area contributed by atoms with Crippen LogP contribution in [0.15, 0.2) is 107 Å². The average molecular weight is 444 g/mol. The zero-order chi connectivity index (χ0) is 23.2. The van der Waals surface area contributed by atoms with Crippen molar-refractivity contribution >= 4 is 33.5 Å². The molecule has 0 spiro atoms. The lowest BCUT2D eigenvalue weighted by atomic mass is 9.78. The maximum atomic E-state index is 6.28. The number of aryl methyl sites for hydroxylation is 1. The summed E-state index contributed by atoms with van der Waals surface area (Å²) in [6.07, 6.45) is 7.94. The third-order valence-corrected chi connectivity index (χ3v) is 7.00. The van der Waals surface area contributed by atoms with E-state index >= 15 is 0 Å². The van der Waals surface area contributed by atoms with E-state index in [0.29, 0.717) is 12.1 Å². The molecule has 0 radical (unpaired) electrons. The summed E-state index contributed by atoms with van der Waals surface area (Å²) in [5.74, 6) is 0.276. The van der Waals surface area contributed by atoms with E-state index in [1.165, 1.54) is 16.7 Å². The summed E-state index contributed by atoms with van der Waals surface area (Å²) >= 11 is 0. The van der Waals surface area contributed by atoms with Gasteiger partial charge < -0.3 is 4.42 Å². The Bertz CT molecular complexity index is 1550. The van der Waals surface area contributed by atoms with Crippen molar-refractivity contribution in [1.29, 1.82) is 0 Å². The van der Waals surface area contributed by atoms with Crippen molar-refractivity contribution in [2.24, 2.45) is 9.98 Å². The third-order valence-electron chi connectivity index (χ3n) is 7.00. The second-order valence-corrected chi connectivity index (χ2v) is 8.92. The second-order valence-electron chi connectivity index (χ2n) is 8.92. The molecule has 0 N–H and O–H groups in total. The molecule has 0 aliphatic carbocycles. The summed E-state index contributed by atoms with van der Waals surface area (Å²) in [6.45, 7) is 12.4. The Balaban J connectivity index is 1.55. The maximum absolute atomic E-state index is 6.28. The van der Waals surface area contributed by atoms with E-state index in [1.54, 1.807) is 12.3 Å². The van der Waals surface area contributed by atoms with Crippen LogP contribution in [0.4, 0.5) is 0 Å². The number of nitrogens with zero attached hydrogens (tertiary/aromatic N) is 3. The summed E-state index contributed by atoms with van der Waals surface area (Å²) in [5.41, 5.74) is 8.65.